The maximum absolute atomic E-state index is 13.2. The molecule has 110 valence electrons. The van der Waals surface area contributed by atoms with Gasteiger partial charge in [0.05, 0.1) is 10.6 Å². The predicted molar refractivity (Wildman–Crippen MR) is 75.8 cm³/mol. The van der Waals surface area contributed by atoms with E-state index in [0.717, 1.165) is 0 Å². The van der Waals surface area contributed by atoms with Gasteiger partial charge in [-0.25, -0.2) is 9.18 Å². The number of carboxylic acids is 1. The number of hydrogen-bond donors (Lipinski definition) is 1. The van der Waals surface area contributed by atoms with Crippen molar-refractivity contribution in [1.29, 1.82) is 0 Å². The molecular weight excluding hydrogens is 299 g/mol. The van der Waals surface area contributed by atoms with Gasteiger partial charge < -0.3 is 14.6 Å². The first-order valence-electron chi connectivity index (χ1n) is 6.10. The third-order valence-electron chi connectivity index (χ3n) is 2.59. The highest BCUT2D eigenvalue weighted by molar-refractivity contribution is 6.30. The Kier molecular flexibility index (Phi) is 5.00. The summed E-state index contributed by atoms with van der Waals surface area (Å²) < 4.78 is 23.8. The van der Waals surface area contributed by atoms with Gasteiger partial charge in [0, 0.05) is 6.07 Å². The molecule has 1 N–H and O–H groups in total. The highest BCUT2D eigenvalue weighted by atomic mass is 35.5. The average Bonchev–Trinajstić information content (AvgIpc) is 2.47. The molecule has 6 heteroatoms. The smallest absolute Gasteiger partial charge is 0.335 e. The molecule has 0 atom stereocenters. The second kappa shape index (κ2) is 6.95. The van der Waals surface area contributed by atoms with Crippen LogP contribution < -0.4 is 9.47 Å². The fraction of sp³-hybridized carbons (Fsp3) is 0.133. The average molecular weight is 311 g/mol. The molecule has 0 unspecified atom stereocenters. The van der Waals surface area contributed by atoms with Gasteiger partial charge in [0.25, 0.3) is 0 Å². The first kappa shape index (κ1) is 15.1. The van der Waals surface area contributed by atoms with E-state index in [4.69, 9.17) is 26.2 Å². The molecule has 0 bridgehead atoms. The molecule has 2 aromatic rings. The molecule has 0 amide bonds. The lowest BCUT2D eigenvalue weighted by Gasteiger charge is -2.09. The number of ether oxygens (including phenoxy) is 2. The second-order valence-corrected chi connectivity index (χ2v) is 4.51. The summed E-state index contributed by atoms with van der Waals surface area (Å²) in [6, 6.07) is 10.3. The molecule has 2 aromatic carbocycles. The Bertz CT molecular complexity index is 645. The summed E-state index contributed by atoms with van der Waals surface area (Å²) in [5.74, 6) is -0.793. The van der Waals surface area contributed by atoms with E-state index in [2.05, 4.69) is 0 Å². The summed E-state index contributed by atoms with van der Waals surface area (Å²) in [5, 5.41) is 8.88. The standard InChI is InChI=1S/C15H12ClFO4/c16-13-5-4-12(9-14(13)17)21-7-6-20-11-3-1-2-10(8-11)15(18)19/h1-5,8-9H,6-7H2,(H,18,19). The van der Waals surface area contributed by atoms with Gasteiger partial charge in [-0.1, -0.05) is 17.7 Å². The molecule has 0 heterocycles. The molecule has 0 spiro atoms. The minimum absolute atomic E-state index is 0.0316. The van der Waals surface area contributed by atoms with E-state index in [1.54, 1.807) is 18.2 Å². The van der Waals surface area contributed by atoms with Crippen LogP contribution in [0.4, 0.5) is 4.39 Å². The monoisotopic (exact) mass is 310 g/mol. The van der Waals surface area contributed by atoms with Crippen molar-refractivity contribution in [2.24, 2.45) is 0 Å². The number of benzene rings is 2. The normalized spacial score (nSPS) is 10.2. The van der Waals surface area contributed by atoms with Crippen molar-refractivity contribution in [3.63, 3.8) is 0 Å². The van der Waals surface area contributed by atoms with Crippen molar-refractivity contribution in [2.75, 3.05) is 13.2 Å². The molecule has 0 saturated heterocycles. The van der Waals surface area contributed by atoms with Crippen molar-refractivity contribution < 1.29 is 23.8 Å². The van der Waals surface area contributed by atoms with Crippen molar-refractivity contribution in [1.82, 2.24) is 0 Å². The number of rotatable bonds is 6. The van der Waals surface area contributed by atoms with Crippen LogP contribution in [0, 0.1) is 5.82 Å². The fourth-order valence-electron chi connectivity index (χ4n) is 1.60. The molecule has 4 nitrogen and oxygen atoms in total. The van der Waals surface area contributed by atoms with E-state index in [-0.39, 0.29) is 23.8 Å². The largest absolute Gasteiger partial charge is 0.490 e. The van der Waals surface area contributed by atoms with E-state index >= 15 is 0 Å². The Labute approximate surface area is 125 Å². The maximum atomic E-state index is 13.2. The van der Waals surface area contributed by atoms with Crippen LogP contribution in [-0.2, 0) is 0 Å². The summed E-state index contributed by atoms with van der Waals surface area (Å²) in [5.41, 5.74) is 0.146. The lowest BCUT2D eigenvalue weighted by molar-refractivity contribution is 0.0696. The highest BCUT2D eigenvalue weighted by Crippen LogP contribution is 2.20. The summed E-state index contributed by atoms with van der Waals surface area (Å²) >= 11 is 5.56. The summed E-state index contributed by atoms with van der Waals surface area (Å²) in [4.78, 5) is 10.8. The number of aromatic carboxylic acids is 1. The number of carboxylic acid groups (broad SMARTS) is 1. The lowest BCUT2D eigenvalue weighted by Crippen LogP contribution is -2.09. The Balaban J connectivity index is 1.83. The van der Waals surface area contributed by atoms with Crippen molar-refractivity contribution in [3.05, 3.63) is 58.9 Å². The Morgan fingerprint density at radius 2 is 1.76 bits per heavy atom. The zero-order valence-corrected chi connectivity index (χ0v) is 11.6. The van der Waals surface area contributed by atoms with Crippen LogP contribution in [0.15, 0.2) is 42.5 Å². The second-order valence-electron chi connectivity index (χ2n) is 4.11. The van der Waals surface area contributed by atoms with E-state index in [1.165, 1.54) is 24.3 Å². The van der Waals surface area contributed by atoms with Gasteiger partial charge in [-0.15, -0.1) is 0 Å². The topological polar surface area (TPSA) is 55.8 Å². The number of halogens is 2. The SMILES string of the molecule is O=C(O)c1cccc(OCCOc2ccc(Cl)c(F)c2)c1. The highest BCUT2D eigenvalue weighted by Gasteiger charge is 2.04. The van der Waals surface area contributed by atoms with Gasteiger partial charge in [-0.3, -0.25) is 0 Å². The van der Waals surface area contributed by atoms with E-state index in [1.807, 2.05) is 0 Å². The van der Waals surface area contributed by atoms with Gasteiger partial charge in [-0.2, -0.15) is 0 Å². The molecule has 0 aliphatic heterocycles. The van der Waals surface area contributed by atoms with Gasteiger partial charge in [0.1, 0.15) is 30.5 Å². The van der Waals surface area contributed by atoms with Crippen LogP contribution in [0.3, 0.4) is 0 Å². The zero-order chi connectivity index (χ0) is 15.2. The minimum atomic E-state index is -1.02. The summed E-state index contributed by atoms with van der Waals surface area (Å²) in [7, 11) is 0. The molecule has 0 aromatic heterocycles. The van der Waals surface area contributed by atoms with Crippen LogP contribution >= 0.6 is 11.6 Å². The van der Waals surface area contributed by atoms with Crippen LogP contribution in [0.2, 0.25) is 5.02 Å². The first-order valence-corrected chi connectivity index (χ1v) is 6.48. The Morgan fingerprint density at radius 3 is 2.38 bits per heavy atom. The van der Waals surface area contributed by atoms with Crippen LogP contribution in [0.25, 0.3) is 0 Å². The van der Waals surface area contributed by atoms with Gasteiger partial charge in [0.15, 0.2) is 0 Å². The molecule has 0 aliphatic rings. The third kappa shape index (κ3) is 4.36. The van der Waals surface area contributed by atoms with Crippen molar-refractivity contribution >= 4 is 17.6 Å². The molecule has 0 fully saturated rings. The molecule has 0 saturated carbocycles. The Hall–Kier alpha value is -2.27. The summed E-state index contributed by atoms with van der Waals surface area (Å²) in [6.45, 7) is 0.395. The van der Waals surface area contributed by atoms with E-state index < -0.39 is 11.8 Å². The summed E-state index contributed by atoms with van der Waals surface area (Å²) in [6.07, 6.45) is 0. The van der Waals surface area contributed by atoms with Crippen LogP contribution in [0.5, 0.6) is 11.5 Å². The van der Waals surface area contributed by atoms with Crippen molar-refractivity contribution in [2.45, 2.75) is 0 Å². The molecular formula is C15H12ClFO4. The quantitative estimate of drug-likeness (QED) is 0.828. The van der Waals surface area contributed by atoms with Crippen LogP contribution in [0.1, 0.15) is 10.4 Å². The van der Waals surface area contributed by atoms with E-state index in [0.29, 0.717) is 11.5 Å². The third-order valence-corrected chi connectivity index (χ3v) is 2.90. The minimum Gasteiger partial charge on any atom is -0.490 e. The maximum Gasteiger partial charge on any atom is 0.335 e. The van der Waals surface area contributed by atoms with Crippen LogP contribution in [-0.4, -0.2) is 24.3 Å². The predicted octanol–water partition coefficient (Wildman–Crippen LogP) is 3.64. The first-order chi connectivity index (χ1) is 10.1. The number of hydrogen-bond acceptors (Lipinski definition) is 3. The lowest BCUT2D eigenvalue weighted by atomic mass is 10.2. The Morgan fingerprint density at radius 1 is 1.10 bits per heavy atom. The fourth-order valence-corrected chi connectivity index (χ4v) is 1.72. The van der Waals surface area contributed by atoms with E-state index in [9.17, 15) is 9.18 Å². The zero-order valence-electron chi connectivity index (χ0n) is 10.9. The van der Waals surface area contributed by atoms with Gasteiger partial charge >= 0.3 is 5.97 Å². The number of carbonyl (C=O) groups is 1. The molecule has 2 rings (SSSR count). The molecule has 0 aliphatic carbocycles. The van der Waals surface area contributed by atoms with Gasteiger partial charge in [-0.05, 0) is 30.3 Å². The van der Waals surface area contributed by atoms with Crippen molar-refractivity contribution in [3.8, 4) is 11.5 Å². The molecule has 21 heavy (non-hydrogen) atoms. The van der Waals surface area contributed by atoms with Gasteiger partial charge in [0.2, 0.25) is 0 Å². The molecule has 0 radical (unpaired) electrons.